The van der Waals surface area contributed by atoms with Crippen LogP contribution in [0.1, 0.15) is 19.4 Å². The molecule has 1 saturated heterocycles. The molecule has 1 aromatic heterocycles. The van der Waals surface area contributed by atoms with Crippen LogP contribution < -0.4 is 15.9 Å². The summed E-state index contributed by atoms with van der Waals surface area (Å²) < 4.78 is 114. The Morgan fingerprint density at radius 2 is 1.74 bits per heavy atom. The first kappa shape index (κ1) is 34.0. The van der Waals surface area contributed by atoms with E-state index in [2.05, 4.69) is 16.9 Å². The highest BCUT2D eigenvalue weighted by Crippen LogP contribution is 2.49. The summed E-state index contributed by atoms with van der Waals surface area (Å²) in [6, 6.07) is -0.277. The van der Waals surface area contributed by atoms with Gasteiger partial charge in [0, 0.05) is 71.0 Å². The van der Waals surface area contributed by atoms with Crippen molar-refractivity contribution < 1.29 is 39.9 Å². The van der Waals surface area contributed by atoms with Gasteiger partial charge in [-0.05, 0) is 32.1 Å². The molecule has 17 heteroatoms. The van der Waals surface area contributed by atoms with Crippen LogP contribution in [0.5, 0.6) is 0 Å². The van der Waals surface area contributed by atoms with E-state index >= 15 is 4.39 Å². The van der Waals surface area contributed by atoms with Crippen molar-refractivity contribution in [3.05, 3.63) is 63.6 Å². The summed E-state index contributed by atoms with van der Waals surface area (Å²) in [5, 5.41) is 1.47. The van der Waals surface area contributed by atoms with E-state index in [0.29, 0.717) is 30.0 Å². The SMILES string of the molecule is C=CC(=O)N1[C@H](C)CN(c2nc(=O)n3c4c(c(-c5cc(Cl)c(F)cc5F)c(C(F)(F)F)cc24)SC[C@@H](NCC(F)(F)F)C3)C[C@@H]1C. The number of hydrogen-bond donors (Lipinski definition) is 1. The zero-order chi connectivity index (χ0) is 33.9. The van der Waals surface area contributed by atoms with Gasteiger partial charge in [-0.1, -0.05) is 18.2 Å². The molecule has 0 unspecified atom stereocenters. The van der Waals surface area contributed by atoms with Crippen molar-refractivity contribution in [1.29, 1.82) is 0 Å². The van der Waals surface area contributed by atoms with Crippen molar-refractivity contribution in [1.82, 2.24) is 19.8 Å². The molecule has 5 rings (SSSR count). The monoisotopic (exact) mass is 695 g/mol. The molecule has 1 N–H and O–H groups in total. The summed E-state index contributed by atoms with van der Waals surface area (Å²) in [5.74, 6) is -3.33. The number of halogens is 9. The Morgan fingerprint density at radius 3 is 2.33 bits per heavy atom. The third kappa shape index (κ3) is 6.43. The molecule has 2 aromatic carbocycles. The van der Waals surface area contributed by atoms with Crippen molar-refractivity contribution in [3.8, 4) is 11.1 Å². The van der Waals surface area contributed by atoms with E-state index in [9.17, 15) is 40.3 Å². The molecular weight excluding hydrogens is 670 g/mol. The van der Waals surface area contributed by atoms with Crippen LogP contribution in [0.4, 0.5) is 40.9 Å². The molecule has 3 heterocycles. The second-order valence-corrected chi connectivity index (χ2v) is 12.6. The molecule has 3 aromatic rings. The number of hydrogen-bond acceptors (Lipinski definition) is 6. The minimum atomic E-state index is -5.12. The highest BCUT2D eigenvalue weighted by Gasteiger charge is 2.41. The van der Waals surface area contributed by atoms with Crippen molar-refractivity contribution in [3.63, 3.8) is 0 Å². The number of nitrogens with one attached hydrogen (secondary N) is 1. The molecule has 7 nitrogen and oxygen atoms in total. The van der Waals surface area contributed by atoms with E-state index in [0.717, 1.165) is 10.6 Å². The number of carbonyl (C=O) groups is 1. The van der Waals surface area contributed by atoms with Crippen LogP contribution in [-0.4, -0.2) is 70.0 Å². The van der Waals surface area contributed by atoms with Crippen LogP contribution >= 0.6 is 23.4 Å². The van der Waals surface area contributed by atoms with E-state index < -0.39 is 82.6 Å². The van der Waals surface area contributed by atoms with Gasteiger partial charge in [-0.15, -0.1) is 11.8 Å². The van der Waals surface area contributed by atoms with E-state index in [1.165, 1.54) is 0 Å². The molecule has 3 atom stereocenters. The maximum atomic E-state index is 15.3. The molecular formula is C29H26ClF8N5O2S. The molecule has 1 fully saturated rings. The molecule has 0 spiro atoms. The Kier molecular flexibility index (Phi) is 9.11. The Hall–Kier alpha value is -3.37. The van der Waals surface area contributed by atoms with Crippen LogP contribution in [0.2, 0.25) is 5.02 Å². The van der Waals surface area contributed by atoms with Gasteiger partial charge in [-0.25, -0.2) is 13.6 Å². The van der Waals surface area contributed by atoms with Crippen molar-refractivity contribution in [2.75, 3.05) is 30.3 Å². The topological polar surface area (TPSA) is 70.5 Å². The molecule has 248 valence electrons. The number of aromatic nitrogens is 2. The largest absolute Gasteiger partial charge is 0.417 e. The molecule has 2 aliphatic heterocycles. The van der Waals surface area contributed by atoms with E-state index in [1.807, 2.05) is 0 Å². The quantitative estimate of drug-likeness (QED) is 0.193. The standard InChI is InChI=1S/C29H26ClF8N5O2S/c1-4-22(44)43-13(2)8-41(9-14(43)3)26-17-5-18(29(36,37)38)23(16-6-19(30)21(32)7-20(16)31)25-24(17)42(27(45)40-26)10-15(11-46-25)39-12-28(33,34)35/h4-7,13-15,39H,1,8-12H2,2-3H3/t13-,14+,15-/m0/s1. The number of piperazine rings is 1. The summed E-state index contributed by atoms with van der Waals surface area (Å²) >= 11 is 6.57. The summed E-state index contributed by atoms with van der Waals surface area (Å²) in [6.07, 6.45) is -8.61. The first-order chi connectivity index (χ1) is 21.4. The lowest BCUT2D eigenvalue weighted by atomic mass is 9.95. The highest BCUT2D eigenvalue weighted by molar-refractivity contribution is 7.99. The van der Waals surface area contributed by atoms with Gasteiger partial charge >= 0.3 is 18.0 Å². The number of anilines is 1. The summed E-state index contributed by atoms with van der Waals surface area (Å²) in [6.45, 7) is 5.22. The summed E-state index contributed by atoms with van der Waals surface area (Å²) in [7, 11) is 0. The van der Waals surface area contributed by atoms with Gasteiger partial charge in [0.15, 0.2) is 0 Å². The Morgan fingerprint density at radius 1 is 1.09 bits per heavy atom. The lowest BCUT2D eigenvalue weighted by Gasteiger charge is -2.44. The zero-order valence-electron chi connectivity index (χ0n) is 24.2. The predicted molar refractivity (Wildman–Crippen MR) is 158 cm³/mol. The molecule has 1 amide bonds. The number of thioether (sulfide) groups is 1. The third-order valence-corrected chi connectivity index (χ3v) is 9.40. The average Bonchev–Trinajstić information content (AvgIpc) is 3.15. The molecule has 0 radical (unpaired) electrons. The summed E-state index contributed by atoms with van der Waals surface area (Å²) in [5.41, 5.74) is -3.86. The van der Waals surface area contributed by atoms with Crippen molar-refractivity contribution in [2.45, 2.75) is 55.8 Å². The van der Waals surface area contributed by atoms with Crippen LogP contribution in [0.25, 0.3) is 22.0 Å². The van der Waals surface area contributed by atoms with E-state index in [-0.39, 0.29) is 46.4 Å². The number of alkyl halides is 6. The fraction of sp³-hybridized carbons (Fsp3) is 0.414. The predicted octanol–water partition coefficient (Wildman–Crippen LogP) is 6.25. The first-order valence-electron chi connectivity index (χ1n) is 13.9. The number of carbonyl (C=O) groups excluding carboxylic acids is 1. The lowest BCUT2D eigenvalue weighted by Crippen LogP contribution is -2.58. The average molecular weight is 696 g/mol. The first-order valence-corrected chi connectivity index (χ1v) is 15.2. The number of rotatable bonds is 5. The molecule has 2 aliphatic rings. The fourth-order valence-corrected chi connectivity index (χ4v) is 7.50. The van der Waals surface area contributed by atoms with Gasteiger partial charge in [0.2, 0.25) is 5.91 Å². The molecule has 0 aliphatic carbocycles. The lowest BCUT2D eigenvalue weighted by molar-refractivity contribution is -0.137. The number of amides is 1. The number of benzene rings is 2. The van der Waals surface area contributed by atoms with Gasteiger partial charge in [0.1, 0.15) is 17.5 Å². The molecule has 46 heavy (non-hydrogen) atoms. The molecule has 0 saturated carbocycles. The van der Waals surface area contributed by atoms with Crippen molar-refractivity contribution >= 4 is 46.0 Å². The minimum Gasteiger partial charge on any atom is -0.352 e. The second kappa shape index (κ2) is 12.3. The van der Waals surface area contributed by atoms with Gasteiger partial charge in [-0.3, -0.25) is 9.36 Å². The van der Waals surface area contributed by atoms with Gasteiger partial charge in [0.05, 0.1) is 22.6 Å². The minimum absolute atomic E-state index is 0.0685. The smallest absolute Gasteiger partial charge is 0.352 e. The second-order valence-electron chi connectivity index (χ2n) is 11.2. The van der Waals surface area contributed by atoms with E-state index in [4.69, 9.17) is 11.6 Å². The maximum absolute atomic E-state index is 15.3. The maximum Gasteiger partial charge on any atom is 0.417 e. The van der Waals surface area contributed by atoms with Crippen LogP contribution in [0.15, 0.2) is 40.5 Å². The normalized spacial score (nSPS) is 20.6. The van der Waals surface area contributed by atoms with Gasteiger partial charge in [0.25, 0.3) is 0 Å². The van der Waals surface area contributed by atoms with Gasteiger partial charge < -0.3 is 15.1 Å². The zero-order valence-corrected chi connectivity index (χ0v) is 25.8. The van der Waals surface area contributed by atoms with Crippen molar-refractivity contribution in [2.24, 2.45) is 0 Å². The van der Waals surface area contributed by atoms with E-state index in [1.54, 1.807) is 23.6 Å². The highest BCUT2D eigenvalue weighted by atomic mass is 35.5. The third-order valence-electron chi connectivity index (χ3n) is 7.85. The summed E-state index contributed by atoms with van der Waals surface area (Å²) in [4.78, 5) is 33.1. The van der Waals surface area contributed by atoms with Gasteiger partial charge in [-0.2, -0.15) is 31.3 Å². The van der Waals surface area contributed by atoms with Crippen LogP contribution in [-0.2, 0) is 17.5 Å². The Balaban J connectivity index is 1.81. The Labute approximate surface area is 266 Å². The Bertz CT molecular complexity index is 1770. The number of nitrogens with zero attached hydrogens (tertiary/aromatic N) is 4. The van der Waals surface area contributed by atoms with Crippen LogP contribution in [0.3, 0.4) is 0 Å². The van der Waals surface area contributed by atoms with Crippen LogP contribution in [0, 0.1) is 11.6 Å². The molecule has 0 bridgehead atoms. The fourth-order valence-electron chi connectivity index (χ4n) is 6.03.